The standard InChI is InChI=1S/C26H22ClFN6S/c27-25-21(3-2-11-31-25)17-33(26(35)32-23-5-1-4-22(28)13-23)12-10-24-15-30-18-34(24)16-20-8-6-19(14-29)7-9-20/h1-9,11,13,15,18H,10,12,16-17H2,(H,32,35). The van der Waals surface area contributed by atoms with Crippen LogP contribution in [0.5, 0.6) is 0 Å². The minimum absolute atomic E-state index is 0.341. The van der Waals surface area contributed by atoms with Crippen molar-refractivity contribution in [1.82, 2.24) is 19.4 Å². The van der Waals surface area contributed by atoms with Crippen molar-refractivity contribution in [3.8, 4) is 6.07 Å². The van der Waals surface area contributed by atoms with Crippen molar-refractivity contribution in [3.63, 3.8) is 0 Å². The number of nitriles is 1. The molecule has 0 spiro atoms. The first-order chi connectivity index (χ1) is 17.0. The van der Waals surface area contributed by atoms with Crippen LogP contribution in [0.25, 0.3) is 0 Å². The molecule has 35 heavy (non-hydrogen) atoms. The fourth-order valence-corrected chi connectivity index (χ4v) is 4.05. The normalized spacial score (nSPS) is 10.5. The largest absolute Gasteiger partial charge is 0.344 e. The first kappa shape index (κ1) is 24.3. The Bertz CT molecular complexity index is 1350. The zero-order valence-electron chi connectivity index (χ0n) is 18.7. The third-order valence-corrected chi connectivity index (χ3v) is 6.13. The van der Waals surface area contributed by atoms with Crippen molar-refractivity contribution in [3.05, 3.63) is 113 Å². The molecule has 0 aliphatic heterocycles. The summed E-state index contributed by atoms with van der Waals surface area (Å²) in [5.74, 6) is -0.341. The predicted molar refractivity (Wildman–Crippen MR) is 138 cm³/mol. The number of hydrogen-bond donors (Lipinski definition) is 1. The highest BCUT2D eigenvalue weighted by Crippen LogP contribution is 2.17. The molecule has 0 aliphatic rings. The van der Waals surface area contributed by atoms with E-state index in [4.69, 9.17) is 29.1 Å². The molecule has 176 valence electrons. The average molecular weight is 505 g/mol. The van der Waals surface area contributed by atoms with E-state index in [1.165, 1.54) is 12.1 Å². The molecule has 0 unspecified atom stereocenters. The summed E-state index contributed by atoms with van der Waals surface area (Å²) in [6, 6.07) is 19.5. The number of benzene rings is 2. The van der Waals surface area contributed by atoms with Gasteiger partial charge in [-0.25, -0.2) is 14.4 Å². The first-order valence-electron chi connectivity index (χ1n) is 10.9. The second-order valence-corrected chi connectivity index (χ2v) is 8.63. The molecule has 0 amide bonds. The van der Waals surface area contributed by atoms with Crippen molar-refractivity contribution < 1.29 is 4.39 Å². The molecule has 6 nitrogen and oxygen atoms in total. The van der Waals surface area contributed by atoms with Crippen molar-refractivity contribution in [2.24, 2.45) is 0 Å². The monoisotopic (exact) mass is 504 g/mol. The highest BCUT2D eigenvalue weighted by Gasteiger charge is 2.15. The van der Waals surface area contributed by atoms with Crippen LogP contribution in [0.15, 0.2) is 79.4 Å². The fourth-order valence-electron chi connectivity index (χ4n) is 3.59. The number of nitrogens with zero attached hydrogens (tertiary/aromatic N) is 5. The lowest BCUT2D eigenvalue weighted by molar-refractivity contribution is 0.418. The van der Waals surface area contributed by atoms with Gasteiger partial charge in [-0.05, 0) is 54.2 Å². The lowest BCUT2D eigenvalue weighted by Gasteiger charge is -2.26. The number of aromatic nitrogens is 3. The summed E-state index contributed by atoms with van der Waals surface area (Å²) in [6.45, 7) is 1.66. The summed E-state index contributed by atoms with van der Waals surface area (Å²) in [4.78, 5) is 10.5. The molecule has 0 bridgehead atoms. The van der Waals surface area contributed by atoms with Gasteiger partial charge in [-0.15, -0.1) is 0 Å². The minimum atomic E-state index is -0.341. The number of imidazole rings is 1. The molecule has 0 fully saturated rings. The summed E-state index contributed by atoms with van der Waals surface area (Å²) >= 11 is 12.0. The van der Waals surface area contributed by atoms with Crippen molar-refractivity contribution in [2.45, 2.75) is 19.5 Å². The zero-order chi connectivity index (χ0) is 24.6. The van der Waals surface area contributed by atoms with E-state index in [1.807, 2.05) is 47.5 Å². The zero-order valence-corrected chi connectivity index (χ0v) is 20.3. The number of nitrogens with one attached hydrogen (secondary N) is 1. The van der Waals surface area contributed by atoms with Gasteiger partial charge in [0.1, 0.15) is 11.0 Å². The number of halogens is 2. The molecular formula is C26H22ClFN6S. The van der Waals surface area contributed by atoms with Crippen LogP contribution in [0.3, 0.4) is 0 Å². The van der Waals surface area contributed by atoms with Crippen LogP contribution < -0.4 is 5.32 Å². The van der Waals surface area contributed by atoms with Crippen LogP contribution >= 0.6 is 23.8 Å². The lowest BCUT2D eigenvalue weighted by Crippen LogP contribution is -2.36. The maximum absolute atomic E-state index is 13.7. The van der Waals surface area contributed by atoms with E-state index < -0.39 is 0 Å². The molecule has 4 aromatic rings. The molecule has 0 aliphatic carbocycles. The predicted octanol–water partition coefficient (Wildman–Crippen LogP) is 5.43. The summed E-state index contributed by atoms with van der Waals surface area (Å²) in [5, 5.41) is 13.0. The van der Waals surface area contributed by atoms with Gasteiger partial charge in [0.2, 0.25) is 0 Å². The highest BCUT2D eigenvalue weighted by molar-refractivity contribution is 7.80. The van der Waals surface area contributed by atoms with E-state index in [2.05, 4.69) is 25.9 Å². The van der Waals surface area contributed by atoms with E-state index in [-0.39, 0.29) is 5.82 Å². The molecule has 0 saturated heterocycles. The summed E-state index contributed by atoms with van der Waals surface area (Å²) in [6.07, 6.45) is 5.93. The van der Waals surface area contributed by atoms with Crippen molar-refractivity contribution in [2.75, 3.05) is 11.9 Å². The second kappa shape index (κ2) is 11.6. The Labute approximate surface area is 213 Å². The Hall–Kier alpha value is -3.80. The smallest absolute Gasteiger partial charge is 0.173 e. The van der Waals surface area contributed by atoms with Crippen LogP contribution in [-0.4, -0.2) is 31.1 Å². The molecular weight excluding hydrogens is 483 g/mol. The van der Waals surface area contributed by atoms with Crippen molar-refractivity contribution in [1.29, 1.82) is 5.26 Å². The maximum atomic E-state index is 13.7. The molecule has 4 rings (SSSR count). The maximum Gasteiger partial charge on any atom is 0.173 e. The topological polar surface area (TPSA) is 69.8 Å². The van der Waals surface area contributed by atoms with Gasteiger partial charge >= 0.3 is 0 Å². The lowest BCUT2D eigenvalue weighted by atomic mass is 10.1. The fraction of sp³-hybridized carbons (Fsp3) is 0.154. The van der Waals surface area contributed by atoms with Crippen LogP contribution in [-0.2, 0) is 19.5 Å². The Balaban J connectivity index is 1.49. The molecule has 9 heteroatoms. The Kier molecular flexibility index (Phi) is 8.03. The number of thiocarbonyl (C=S) groups is 1. The van der Waals surface area contributed by atoms with Crippen molar-refractivity contribution >= 4 is 34.6 Å². The van der Waals surface area contributed by atoms with E-state index in [1.54, 1.807) is 24.7 Å². The van der Waals surface area contributed by atoms with Gasteiger partial charge < -0.3 is 14.8 Å². The number of hydrogen-bond acceptors (Lipinski definition) is 4. The molecule has 2 heterocycles. The van der Waals surface area contributed by atoms with Gasteiger partial charge in [0.05, 0.1) is 18.0 Å². The van der Waals surface area contributed by atoms with Crippen LogP contribution in [0.4, 0.5) is 10.1 Å². The van der Waals surface area contributed by atoms with Crippen LogP contribution in [0.1, 0.15) is 22.4 Å². The number of rotatable bonds is 8. The number of anilines is 1. The van der Waals surface area contributed by atoms with Crippen LogP contribution in [0, 0.1) is 17.1 Å². The Morgan fingerprint density at radius 1 is 1.17 bits per heavy atom. The third kappa shape index (κ3) is 6.63. The molecule has 2 aromatic carbocycles. The molecule has 0 radical (unpaired) electrons. The average Bonchev–Trinajstić information content (AvgIpc) is 3.30. The van der Waals surface area contributed by atoms with E-state index in [9.17, 15) is 4.39 Å². The van der Waals surface area contributed by atoms with Gasteiger partial charge in [0.15, 0.2) is 5.11 Å². The molecule has 1 N–H and O–H groups in total. The van der Waals surface area contributed by atoms with E-state index in [0.29, 0.717) is 47.6 Å². The third-order valence-electron chi connectivity index (χ3n) is 5.43. The van der Waals surface area contributed by atoms with Gasteiger partial charge in [0.25, 0.3) is 0 Å². The highest BCUT2D eigenvalue weighted by atomic mass is 35.5. The molecule has 2 aromatic heterocycles. The quantitative estimate of drug-likeness (QED) is 0.255. The molecule has 0 atom stereocenters. The number of pyridine rings is 1. The van der Waals surface area contributed by atoms with Crippen LogP contribution in [0.2, 0.25) is 5.15 Å². The minimum Gasteiger partial charge on any atom is -0.344 e. The van der Waals surface area contributed by atoms with E-state index in [0.717, 1.165) is 16.8 Å². The van der Waals surface area contributed by atoms with Gasteiger partial charge in [-0.1, -0.05) is 35.9 Å². The van der Waals surface area contributed by atoms with E-state index >= 15 is 0 Å². The van der Waals surface area contributed by atoms with Gasteiger partial charge in [0, 0.05) is 55.4 Å². The van der Waals surface area contributed by atoms with Gasteiger partial charge in [-0.3, -0.25) is 0 Å². The van der Waals surface area contributed by atoms with Gasteiger partial charge in [-0.2, -0.15) is 5.26 Å². The first-order valence-corrected chi connectivity index (χ1v) is 11.7. The second-order valence-electron chi connectivity index (χ2n) is 7.89. The Morgan fingerprint density at radius 3 is 2.74 bits per heavy atom. The summed E-state index contributed by atoms with van der Waals surface area (Å²) in [5.41, 5.74) is 4.14. The summed E-state index contributed by atoms with van der Waals surface area (Å²) in [7, 11) is 0. The Morgan fingerprint density at radius 2 is 2.00 bits per heavy atom. The SMILES string of the molecule is N#Cc1ccc(Cn2cncc2CCN(Cc2cccnc2Cl)C(=S)Nc2cccc(F)c2)cc1. The molecule has 0 saturated carbocycles. The summed E-state index contributed by atoms with van der Waals surface area (Å²) < 4.78 is 15.7.